The van der Waals surface area contributed by atoms with Gasteiger partial charge in [0, 0.05) is 0 Å². The van der Waals surface area contributed by atoms with Gasteiger partial charge in [0.1, 0.15) is 0 Å². The van der Waals surface area contributed by atoms with Gasteiger partial charge < -0.3 is 5.32 Å². The number of carbonyl (C=O) groups excluding carboxylic acids is 1. The monoisotopic (exact) mass is 468 g/mol. The molecular formula is C20H15Cl3N2O3S. The molecule has 0 bridgehead atoms. The molecule has 150 valence electrons. The van der Waals surface area contributed by atoms with Gasteiger partial charge in [-0.2, -0.15) is 0 Å². The van der Waals surface area contributed by atoms with E-state index in [4.69, 9.17) is 34.8 Å². The molecular weight excluding hydrogens is 455 g/mol. The number of benzene rings is 3. The number of carbonyl (C=O) groups is 1. The summed E-state index contributed by atoms with van der Waals surface area (Å²) in [5.41, 5.74) is 1.67. The number of anilines is 2. The van der Waals surface area contributed by atoms with Crippen LogP contribution in [0.25, 0.3) is 0 Å². The molecule has 0 aliphatic rings. The van der Waals surface area contributed by atoms with E-state index in [9.17, 15) is 13.2 Å². The first-order chi connectivity index (χ1) is 13.7. The van der Waals surface area contributed by atoms with Crippen LogP contribution in [0.15, 0.2) is 65.6 Å². The molecule has 0 heterocycles. The van der Waals surface area contributed by atoms with E-state index < -0.39 is 15.9 Å². The van der Waals surface area contributed by atoms with Crippen LogP contribution in [0, 0.1) is 6.92 Å². The Morgan fingerprint density at radius 2 is 1.59 bits per heavy atom. The molecule has 0 unspecified atom stereocenters. The van der Waals surface area contributed by atoms with E-state index >= 15 is 0 Å². The third-order valence-corrected chi connectivity index (χ3v) is 6.53. The molecule has 0 aliphatic carbocycles. The van der Waals surface area contributed by atoms with E-state index in [0.717, 1.165) is 5.56 Å². The fourth-order valence-corrected chi connectivity index (χ4v) is 4.15. The van der Waals surface area contributed by atoms with E-state index in [0.29, 0.717) is 10.7 Å². The maximum Gasteiger partial charge on any atom is 0.261 e. The minimum atomic E-state index is -3.78. The molecule has 0 aliphatic heterocycles. The number of halogens is 3. The molecule has 1 amide bonds. The van der Waals surface area contributed by atoms with Crippen molar-refractivity contribution < 1.29 is 13.2 Å². The smallest absolute Gasteiger partial charge is 0.261 e. The van der Waals surface area contributed by atoms with E-state index in [1.165, 1.54) is 30.3 Å². The number of amides is 1. The van der Waals surface area contributed by atoms with Crippen molar-refractivity contribution in [2.75, 3.05) is 10.0 Å². The van der Waals surface area contributed by atoms with Gasteiger partial charge in [0.05, 0.1) is 36.9 Å². The first-order valence-electron chi connectivity index (χ1n) is 8.32. The van der Waals surface area contributed by atoms with Gasteiger partial charge in [0.25, 0.3) is 15.9 Å². The highest BCUT2D eigenvalue weighted by atomic mass is 35.5. The van der Waals surface area contributed by atoms with Crippen LogP contribution in [-0.2, 0) is 10.0 Å². The van der Waals surface area contributed by atoms with Gasteiger partial charge in [-0.3, -0.25) is 9.52 Å². The molecule has 0 spiro atoms. The molecule has 0 aromatic heterocycles. The van der Waals surface area contributed by atoms with E-state index in [2.05, 4.69) is 10.0 Å². The molecule has 0 saturated heterocycles. The van der Waals surface area contributed by atoms with Crippen LogP contribution in [0.4, 0.5) is 11.4 Å². The lowest BCUT2D eigenvalue weighted by molar-refractivity contribution is 0.102. The van der Waals surface area contributed by atoms with Gasteiger partial charge in [0.2, 0.25) is 0 Å². The first-order valence-corrected chi connectivity index (χ1v) is 10.9. The highest BCUT2D eigenvalue weighted by Gasteiger charge is 2.17. The fourth-order valence-electron chi connectivity index (χ4n) is 2.48. The molecule has 9 heteroatoms. The number of sulfonamides is 1. The van der Waals surface area contributed by atoms with Crippen LogP contribution < -0.4 is 10.0 Å². The summed E-state index contributed by atoms with van der Waals surface area (Å²) in [6, 6.07) is 15.5. The Balaban J connectivity index is 1.80. The largest absolute Gasteiger partial charge is 0.321 e. The van der Waals surface area contributed by atoms with Crippen LogP contribution in [0.5, 0.6) is 0 Å². The second-order valence-electron chi connectivity index (χ2n) is 6.17. The summed E-state index contributed by atoms with van der Waals surface area (Å²) in [4.78, 5) is 12.6. The van der Waals surface area contributed by atoms with E-state index in [1.807, 2.05) is 6.92 Å². The number of rotatable bonds is 5. The van der Waals surface area contributed by atoms with Crippen molar-refractivity contribution in [2.24, 2.45) is 0 Å². The lowest BCUT2D eigenvalue weighted by atomic mass is 10.2. The Labute approximate surface area is 183 Å². The summed E-state index contributed by atoms with van der Waals surface area (Å²) in [7, 11) is -3.78. The van der Waals surface area contributed by atoms with Crippen LogP contribution in [-0.4, -0.2) is 14.3 Å². The molecule has 2 N–H and O–H groups in total. The predicted octanol–water partition coefficient (Wildman–Crippen LogP) is 6.01. The predicted molar refractivity (Wildman–Crippen MR) is 118 cm³/mol. The summed E-state index contributed by atoms with van der Waals surface area (Å²) >= 11 is 18.2. The average molecular weight is 470 g/mol. The lowest BCUT2D eigenvalue weighted by Gasteiger charge is -2.12. The quantitative estimate of drug-likeness (QED) is 0.480. The molecule has 29 heavy (non-hydrogen) atoms. The Bertz CT molecular complexity index is 1180. The second kappa shape index (κ2) is 8.63. The highest BCUT2D eigenvalue weighted by Crippen LogP contribution is 2.31. The summed E-state index contributed by atoms with van der Waals surface area (Å²) < 4.78 is 27.4. The van der Waals surface area contributed by atoms with Crippen molar-refractivity contribution in [3.63, 3.8) is 0 Å². The Kier molecular flexibility index (Phi) is 6.39. The van der Waals surface area contributed by atoms with E-state index in [1.54, 1.807) is 30.3 Å². The summed E-state index contributed by atoms with van der Waals surface area (Å²) in [5.74, 6) is -0.507. The summed E-state index contributed by atoms with van der Waals surface area (Å²) in [6.45, 7) is 1.87. The third kappa shape index (κ3) is 5.03. The molecule has 0 atom stereocenters. The number of nitrogens with one attached hydrogen (secondary N) is 2. The van der Waals surface area contributed by atoms with E-state index in [-0.39, 0.29) is 26.2 Å². The minimum Gasteiger partial charge on any atom is -0.321 e. The Morgan fingerprint density at radius 1 is 0.897 bits per heavy atom. The highest BCUT2D eigenvalue weighted by molar-refractivity contribution is 7.92. The summed E-state index contributed by atoms with van der Waals surface area (Å²) in [5, 5.41) is 3.21. The minimum absolute atomic E-state index is 0.0738. The average Bonchev–Trinajstić information content (AvgIpc) is 2.65. The molecule has 3 aromatic rings. The van der Waals surface area contributed by atoms with Crippen molar-refractivity contribution in [1.29, 1.82) is 0 Å². The van der Waals surface area contributed by atoms with Crippen LogP contribution in [0.3, 0.4) is 0 Å². The van der Waals surface area contributed by atoms with Gasteiger partial charge in [-0.05, 0) is 49.4 Å². The van der Waals surface area contributed by atoms with Gasteiger partial charge >= 0.3 is 0 Å². The standard InChI is InChI=1S/C20H15Cl3N2O3S/c1-12-5-8-14(9-6-12)29(27,28)25-13-7-10-15(17(22)11-13)20(26)24-18-4-2-3-16(21)19(18)23/h2-11,25H,1H3,(H,24,26). The Morgan fingerprint density at radius 3 is 2.24 bits per heavy atom. The molecule has 0 saturated carbocycles. The van der Waals surface area contributed by atoms with Crippen LogP contribution in [0.1, 0.15) is 15.9 Å². The SMILES string of the molecule is Cc1ccc(S(=O)(=O)Nc2ccc(C(=O)Nc3cccc(Cl)c3Cl)c(Cl)c2)cc1. The third-order valence-electron chi connectivity index (χ3n) is 4.00. The lowest BCUT2D eigenvalue weighted by Crippen LogP contribution is -2.15. The zero-order chi connectivity index (χ0) is 21.2. The molecule has 3 aromatic carbocycles. The number of aryl methyl sites for hydroxylation is 1. The molecule has 5 nitrogen and oxygen atoms in total. The van der Waals surface area contributed by atoms with Crippen molar-refractivity contribution >= 4 is 62.1 Å². The van der Waals surface area contributed by atoms with Crippen molar-refractivity contribution in [2.45, 2.75) is 11.8 Å². The Hall–Kier alpha value is -2.25. The zero-order valence-corrected chi connectivity index (χ0v) is 18.1. The topological polar surface area (TPSA) is 75.3 Å². The summed E-state index contributed by atoms with van der Waals surface area (Å²) in [6.07, 6.45) is 0. The maximum absolute atomic E-state index is 12.5. The van der Waals surface area contributed by atoms with Gasteiger partial charge in [-0.25, -0.2) is 8.42 Å². The van der Waals surface area contributed by atoms with Gasteiger partial charge in [-0.1, -0.05) is 58.6 Å². The van der Waals surface area contributed by atoms with Crippen molar-refractivity contribution in [3.8, 4) is 0 Å². The fraction of sp³-hybridized carbons (Fsp3) is 0.0500. The first kappa shape index (κ1) is 21.5. The maximum atomic E-state index is 12.5. The number of hydrogen-bond acceptors (Lipinski definition) is 3. The second-order valence-corrected chi connectivity index (χ2v) is 9.04. The van der Waals surface area contributed by atoms with Crippen molar-refractivity contribution in [1.82, 2.24) is 0 Å². The zero-order valence-electron chi connectivity index (χ0n) is 15.0. The van der Waals surface area contributed by atoms with Crippen molar-refractivity contribution in [3.05, 3.63) is 86.9 Å². The van der Waals surface area contributed by atoms with Gasteiger partial charge in [-0.15, -0.1) is 0 Å². The normalized spacial score (nSPS) is 11.2. The molecule has 3 rings (SSSR count). The molecule has 0 fully saturated rings. The van der Waals surface area contributed by atoms with Gasteiger partial charge in [0.15, 0.2) is 0 Å². The van der Waals surface area contributed by atoms with Crippen LogP contribution >= 0.6 is 34.8 Å². The van der Waals surface area contributed by atoms with Crippen LogP contribution in [0.2, 0.25) is 15.1 Å². The number of hydrogen-bond donors (Lipinski definition) is 2. The molecule has 0 radical (unpaired) electrons.